The number of thiazole rings is 1. The summed E-state index contributed by atoms with van der Waals surface area (Å²) in [5.74, 6) is 0.113. The van der Waals surface area contributed by atoms with Crippen molar-refractivity contribution in [3.63, 3.8) is 0 Å². The summed E-state index contributed by atoms with van der Waals surface area (Å²) in [5, 5.41) is 20.6. The summed E-state index contributed by atoms with van der Waals surface area (Å²) >= 11 is 1.17. The average molecular weight is 709 g/mol. The van der Waals surface area contributed by atoms with E-state index in [9.17, 15) is 19.5 Å². The number of anilines is 2. The summed E-state index contributed by atoms with van der Waals surface area (Å²) < 4.78 is 8.25. The molecule has 3 aromatic carbocycles. The second-order valence-electron chi connectivity index (χ2n) is 12.9. The number of nitrogens with zero attached hydrogens (tertiary/aromatic N) is 3. The van der Waals surface area contributed by atoms with Crippen LogP contribution in [-0.4, -0.2) is 62.5 Å². The van der Waals surface area contributed by atoms with Crippen molar-refractivity contribution in [1.82, 2.24) is 19.8 Å². The van der Waals surface area contributed by atoms with E-state index in [2.05, 4.69) is 54.8 Å². The van der Waals surface area contributed by atoms with Gasteiger partial charge in [0, 0.05) is 66.2 Å². The number of ketones is 1. The number of urea groups is 1. The number of hydrogen-bond donors (Lipinski definition) is 4. The highest BCUT2D eigenvalue weighted by Crippen LogP contribution is 2.34. The number of rotatable bonds is 13. The number of amides is 3. The quantitative estimate of drug-likeness (QED) is 0.0993. The van der Waals surface area contributed by atoms with Crippen molar-refractivity contribution in [2.45, 2.75) is 71.6 Å². The van der Waals surface area contributed by atoms with E-state index < -0.39 is 0 Å². The van der Waals surface area contributed by atoms with Gasteiger partial charge in [-0.15, -0.1) is 0 Å². The van der Waals surface area contributed by atoms with E-state index in [1.807, 2.05) is 32.0 Å². The van der Waals surface area contributed by atoms with E-state index in [-0.39, 0.29) is 36.3 Å². The summed E-state index contributed by atoms with van der Waals surface area (Å²) in [7, 11) is 0. The molecule has 0 radical (unpaired) electrons. The molecule has 6 rings (SSSR count). The molecule has 2 aromatic heterocycles. The number of hydrogen-bond acceptors (Lipinski definition) is 8. The molecular formula is C39H44N6O5S. The van der Waals surface area contributed by atoms with Crippen molar-refractivity contribution in [1.29, 1.82) is 0 Å². The number of nitrogens with one attached hydrogen (secondary N) is 3. The fraction of sp³-hybridized carbons (Fsp3) is 0.333. The van der Waals surface area contributed by atoms with Crippen LogP contribution in [-0.2, 0) is 17.8 Å². The molecule has 3 amide bonds. The van der Waals surface area contributed by atoms with E-state index in [0.29, 0.717) is 32.8 Å². The van der Waals surface area contributed by atoms with Crippen LogP contribution in [0.5, 0.6) is 10.8 Å². The van der Waals surface area contributed by atoms with Crippen molar-refractivity contribution >= 4 is 50.8 Å². The maximum Gasteiger partial charge on any atom is 0.319 e. The molecule has 0 atom stereocenters. The average Bonchev–Trinajstić information content (AvgIpc) is 3.73. The predicted octanol–water partition coefficient (Wildman–Crippen LogP) is 7.53. The summed E-state index contributed by atoms with van der Waals surface area (Å²) in [5.41, 5.74) is 4.93. The maximum atomic E-state index is 13.2. The molecule has 3 heterocycles. The third-order valence-corrected chi connectivity index (χ3v) is 9.94. The van der Waals surface area contributed by atoms with Gasteiger partial charge in [0.05, 0.1) is 17.8 Å². The molecular weight excluding hydrogens is 665 g/mol. The molecule has 0 bridgehead atoms. The minimum Gasteiger partial charge on any atom is -0.445 e. The second-order valence-corrected chi connectivity index (χ2v) is 13.9. The van der Waals surface area contributed by atoms with Gasteiger partial charge in [0.2, 0.25) is 5.06 Å². The van der Waals surface area contributed by atoms with Crippen LogP contribution in [0.15, 0.2) is 79.1 Å². The van der Waals surface area contributed by atoms with Gasteiger partial charge >= 0.3 is 6.03 Å². The molecule has 266 valence electrons. The SMILES string of the molecule is CCC(CC)NC(=O)Nc1ccc(Oc2cnc(NC(=O)c3ccc(-n4cc(CN5CCC(O)CC5)c5ccccc54)cc3)s2)c(CC(C)=O)c1. The largest absolute Gasteiger partial charge is 0.445 e. The van der Waals surface area contributed by atoms with Crippen LogP contribution in [0.3, 0.4) is 0 Å². The van der Waals surface area contributed by atoms with E-state index in [1.54, 1.807) is 30.3 Å². The molecule has 0 aliphatic carbocycles. The Morgan fingerprint density at radius 2 is 1.73 bits per heavy atom. The Morgan fingerprint density at radius 3 is 2.45 bits per heavy atom. The molecule has 4 N–H and O–H groups in total. The van der Waals surface area contributed by atoms with E-state index in [1.165, 1.54) is 35.4 Å². The van der Waals surface area contributed by atoms with Gasteiger partial charge in [-0.1, -0.05) is 43.4 Å². The number of aromatic nitrogens is 2. The van der Waals surface area contributed by atoms with Crippen molar-refractivity contribution < 1.29 is 24.2 Å². The number of ether oxygens (including phenoxy) is 1. The van der Waals surface area contributed by atoms with Gasteiger partial charge < -0.3 is 25.0 Å². The zero-order valence-electron chi connectivity index (χ0n) is 29.1. The minimum absolute atomic E-state index is 0.0499. The lowest BCUT2D eigenvalue weighted by atomic mass is 10.1. The van der Waals surface area contributed by atoms with Crippen LogP contribution in [0.25, 0.3) is 16.6 Å². The van der Waals surface area contributed by atoms with Crippen molar-refractivity contribution in [2.75, 3.05) is 23.7 Å². The lowest BCUT2D eigenvalue weighted by Gasteiger charge is -2.29. The van der Waals surface area contributed by atoms with Gasteiger partial charge in [0.1, 0.15) is 11.5 Å². The number of benzene rings is 3. The Bertz CT molecular complexity index is 1990. The standard InChI is InChI=1S/C39H44N6O5S/c1-4-29(5-2)41-38(49)42-30-12-15-35(27(21-30)20-25(3)46)50-36-22-40-39(51-36)43-37(48)26-10-13-31(14-11-26)45-24-28(33-8-6-7-9-34(33)45)23-44-18-16-32(47)17-19-44/h6-15,21-22,24,29,32,47H,4-5,16-20,23H2,1-3H3,(H,40,43,48)(H2,41,42,49). The van der Waals surface area contributed by atoms with E-state index in [4.69, 9.17) is 4.74 Å². The first-order valence-corrected chi connectivity index (χ1v) is 18.3. The highest BCUT2D eigenvalue weighted by Gasteiger charge is 2.20. The van der Waals surface area contributed by atoms with Gasteiger partial charge in [-0.25, -0.2) is 9.78 Å². The number of aliphatic hydroxyl groups is 1. The fourth-order valence-electron chi connectivity index (χ4n) is 6.33. The van der Waals surface area contributed by atoms with E-state index >= 15 is 0 Å². The smallest absolute Gasteiger partial charge is 0.319 e. The normalized spacial score (nSPS) is 13.7. The molecule has 1 saturated heterocycles. The molecule has 0 unspecified atom stereocenters. The van der Waals surface area contributed by atoms with Crippen LogP contribution in [0.1, 0.15) is 67.9 Å². The maximum absolute atomic E-state index is 13.2. The van der Waals surface area contributed by atoms with Gasteiger partial charge in [-0.3, -0.25) is 19.8 Å². The monoisotopic (exact) mass is 708 g/mol. The lowest BCUT2D eigenvalue weighted by Crippen LogP contribution is -2.37. The summed E-state index contributed by atoms with van der Waals surface area (Å²) in [6.45, 7) is 8.11. The molecule has 12 heteroatoms. The third-order valence-electron chi connectivity index (χ3n) is 9.15. The lowest BCUT2D eigenvalue weighted by molar-refractivity contribution is -0.116. The highest BCUT2D eigenvalue weighted by molar-refractivity contribution is 7.17. The van der Waals surface area contributed by atoms with Gasteiger partial charge in [0.15, 0.2) is 5.13 Å². The molecule has 5 aromatic rings. The van der Waals surface area contributed by atoms with Crippen LogP contribution >= 0.6 is 11.3 Å². The van der Waals surface area contributed by atoms with Gasteiger partial charge in [0.25, 0.3) is 5.91 Å². The van der Waals surface area contributed by atoms with Crippen LogP contribution < -0.4 is 20.7 Å². The fourth-order valence-corrected chi connectivity index (χ4v) is 7.01. The Morgan fingerprint density at radius 1 is 0.980 bits per heavy atom. The summed E-state index contributed by atoms with van der Waals surface area (Å²) in [4.78, 5) is 44.4. The molecule has 11 nitrogen and oxygen atoms in total. The van der Waals surface area contributed by atoms with Crippen LogP contribution in [0, 0.1) is 0 Å². The van der Waals surface area contributed by atoms with Crippen LogP contribution in [0.2, 0.25) is 0 Å². The summed E-state index contributed by atoms with van der Waals surface area (Å²) in [6.07, 6.45) is 6.87. The number of aliphatic hydroxyl groups excluding tert-OH is 1. The molecule has 1 aliphatic rings. The Balaban J connectivity index is 1.11. The van der Waals surface area contributed by atoms with Crippen molar-refractivity contribution in [2.24, 2.45) is 0 Å². The third kappa shape index (κ3) is 9.01. The first-order valence-electron chi connectivity index (χ1n) is 17.4. The number of carbonyl (C=O) groups is 3. The number of fused-ring (bicyclic) bond motifs is 1. The number of likely N-dealkylation sites (tertiary alicyclic amines) is 1. The molecule has 51 heavy (non-hydrogen) atoms. The zero-order chi connectivity index (χ0) is 35.9. The van der Waals surface area contributed by atoms with Crippen molar-refractivity contribution in [3.8, 4) is 16.5 Å². The number of carbonyl (C=O) groups excluding carboxylic acids is 3. The highest BCUT2D eigenvalue weighted by atomic mass is 32.1. The molecule has 0 saturated carbocycles. The van der Waals surface area contributed by atoms with Crippen LogP contribution in [0.4, 0.5) is 15.6 Å². The molecule has 1 fully saturated rings. The topological polar surface area (TPSA) is 138 Å². The molecule has 0 spiro atoms. The Labute approximate surface area is 301 Å². The number of piperidine rings is 1. The van der Waals surface area contributed by atoms with Gasteiger partial charge in [-0.2, -0.15) is 0 Å². The minimum atomic E-state index is -0.304. The Hall–Kier alpha value is -5.04. The first kappa shape index (κ1) is 35.8. The second kappa shape index (κ2) is 16.3. The zero-order valence-corrected chi connectivity index (χ0v) is 30.0. The van der Waals surface area contributed by atoms with Gasteiger partial charge in [-0.05, 0) is 86.7 Å². The molecule has 1 aliphatic heterocycles. The number of Topliss-reactive ketones (excluding diaryl/α,β-unsaturated/α-hetero) is 1. The predicted molar refractivity (Wildman–Crippen MR) is 201 cm³/mol. The van der Waals surface area contributed by atoms with Crippen molar-refractivity contribution in [3.05, 3.63) is 95.8 Å². The Kier molecular flexibility index (Phi) is 11.4. The van der Waals surface area contributed by atoms with E-state index in [0.717, 1.165) is 56.5 Å². The first-order chi connectivity index (χ1) is 24.7. The summed E-state index contributed by atoms with van der Waals surface area (Å²) in [6, 6.07) is 20.7. The number of para-hydroxylation sites is 1.